The number of nitrogens with zero attached hydrogens (tertiary/aromatic N) is 3. The molecule has 0 saturated heterocycles. The summed E-state index contributed by atoms with van der Waals surface area (Å²) in [5.74, 6) is 0. The molecule has 0 bridgehead atoms. The Hall–Kier alpha value is -2.34. The second kappa shape index (κ2) is 5.57. The molecule has 0 aliphatic carbocycles. The number of imidazole rings is 1. The van der Waals surface area contributed by atoms with Crippen molar-refractivity contribution in [3.63, 3.8) is 0 Å². The summed E-state index contributed by atoms with van der Waals surface area (Å²) < 4.78 is 7.74. The number of aromatic nitrogens is 2. The van der Waals surface area contributed by atoms with Crippen LogP contribution >= 0.6 is 0 Å². The van der Waals surface area contributed by atoms with E-state index < -0.39 is 6.09 Å². The minimum atomic E-state index is -0.948. The van der Waals surface area contributed by atoms with Crippen LogP contribution in [-0.4, -0.2) is 45.9 Å². The summed E-state index contributed by atoms with van der Waals surface area (Å²) >= 11 is 0. The Morgan fingerprint density at radius 2 is 2.43 bits per heavy atom. The van der Waals surface area contributed by atoms with Gasteiger partial charge in [0.1, 0.15) is 6.10 Å². The number of amides is 1. The van der Waals surface area contributed by atoms with Crippen molar-refractivity contribution in [1.29, 1.82) is 0 Å². The van der Waals surface area contributed by atoms with Gasteiger partial charge in [-0.15, -0.1) is 0 Å². The van der Waals surface area contributed by atoms with Gasteiger partial charge in [0.2, 0.25) is 0 Å². The fourth-order valence-electron chi connectivity index (χ4n) is 2.68. The molecule has 6 heteroatoms. The predicted molar refractivity (Wildman–Crippen MR) is 76.6 cm³/mol. The van der Waals surface area contributed by atoms with Gasteiger partial charge in [-0.05, 0) is 23.6 Å². The maximum absolute atomic E-state index is 11.0. The number of benzene rings is 1. The monoisotopic (exact) mass is 287 g/mol. The van der Waals surface area contributed by atoms with Gasteiger partial charge in [0, 0.05) is 19.4 Å². The van der Waals surface area contributed by atoms with Gasteiger partial charge in [-0.25, -0.2) is 9.78 Å². The van der Waals surface area contributed by atoms with Crippen LogP contribution in [0.15, 0.2) is 36.9 Å². The molecule has 110 valence electrons. The molecule has 2 aromatic rings. The molecule has 1 N–H and O–H groups in total. The van der Waals surface area contributed by atoms with Crippen molar-refractivity contribution in [2.45, 2.75) is 12.5 Å². The maximum atomic E-state index is 11.0. The zero-order chi connectivity index (χ0) is 14.8. The normalized spacial score (nSPS) is 17.3. The summed E-state index contributed by atoms with van der Waals surface area (Å²) in [4.78, 5) is 16.3. The second-order valence-corrected chi connectivity index (χ2v) is 5.09. The van der Waals surface area contributed by atoms with Crippen molar-refractivity contribution < 1.29 is 14.6 Å². The molecule has 0 saturated carbocycles. The minimum absolute atomic E-state index is 0.224. The molecule has 0 spiro atoms. The summed E-state index contributed by atoms with van der Waals surface area (Å²) in [6, 6.07) is 6.02. The third kappa shape index (κ3) is 2.62. The standard InChI is InChI=1S/C15H17N3O3/c1-17(15(19)20)9-14-12-3-2-4-13(11(12)5-8-21-14)18-7-6-16-10-18/h2-4,6-7,10,14H,5,8-9H2,1H3,(H,19,20). The van der Waals surface area contributed by atoms with E-state index in [9.17, 15) is 4.79 Å². The van der Waals surface area contributed by atoms with Crippen molar-refractivity contribution in [2.75, 3.05) is 20.2 Å². The molecular weight excluding hydrogens is 270 g/mol. The molecule has 3 rings (SSSR count). The zero-order valence-electron chi connectivity index (χ0n) is 11.8. The van der Waals surface area contributed by atoms with Gasteiger partial charge in [-0.2, -0.15) is 0 Å². The van der Waals surface area contributed by atoms with E-state index in [1.807, 2.05) is 29.0 Å². The van der Waals surface area contributed by atoms with Gasteiger partial charge in [0.05, 0.1) is 25.2 Å². The molecule has 1 aromatic carbocycles. The van der Waals surface area contributed by atoms with Gasteiger partial charge >= 0.3 is 6.09 Å². The van der Waals surface area contributed by atoms with E-state index in [0.29, 0.717) is 13.2 Å². The Morgan fingerprint density at radius 1 is 1.57 bits per heavy atom. The van der Waals surface area contributed by atoms with Crippen LogP contribution in [0.25, 0.3) is 5.69 Å². The zero-order valence-corrected chi connectivity index (χ0v) is 11.8. The van der Waals surface area contributed by atoms with Gasteiger partial charge in [-0.1, -0.05) is 12.1 Å². The molecule has 1 aliphatic rings. The highest BCUT2D eigenvalue weighted by atomic mass is 16.5. The smallest absolute Gasteiger partial charge is 0.407 e. The van der Waals surface area contributed by atoms with Crippen LogP contribution in [0.3, 0.4) is 0 Å². The Morgan fingerprint density at radius 3 is 3.14 bits per heavy atom. The Bertz CT molecular complexity index is 640. The summed E-state index contributed by atoms with van der Waals surface area (Å²) in [7, 11) is 1.56. The van der Waals surface area contributed by atoms with Crippen LogP contribution in [0.5, 0.6) is 0 Å². The molecule has 1 aliphatic heterocycles. The van der Waals surface area contributed by atoms with Crippen molar-refractivity contribution >= 4 is 6.09 Å². The van der Waals surface area contributed by atoms with Gasteiger partial charge < -0.3 is 19.3 Å². The third-order valence-electron chi connectivity index (χ3n) is 3.75. The molecule has 0 radical (unpaired) electrons. The average molecular weight is 287 g/mol. The lowest BCUT2D eigenvalue weighted by Crippen LogP contribution is -2.33. The van der Waals surface area contributed by atoms with Crippen molar-refractivity contribution in [3.05, 3.63) is 48.0 Å². The van der Waals surface area contributed by atoms with E-state index in [1.54, 1.807) is 19.6 Å². The van der Waals surface area contributed by atoms with Crippen molar-refractivity contribution in [2.24, 2.45) is 0 Å². The van der Waals surface area contributed by atoms with Crippen LogP contribution in [0.2, 0.25) is 0 Å². The number of carbonyl (C=O) groups is 1. The predicted octanol–water partition coefficient (Wildman–Crippen LogP) is 2.10. The first-order valence-corrected chi connectivity index (χ1v) is 6.82. The molecule has 0 fully saturated rings. The summed E-state index contributed by atoms with van der Waals surface area (Å²) in [5, 5.41) is 9.02. The maximum Gasteiger partial charge on any atom is 0.407 e. The topological polar surface area (TPSA) is 67.6 Å². The van der Waals surface area contributed by atoms with Crippen LogP contribution in [0, 0.1) is 0 Å². The molecule has 1 atom stereocenters. The molecule has 21 heavy (non-hydrogen) atoms. The highest BCUT2D eigenvalue weighted by Gasteiger charge is 2.25. The summed E-state index contributed by atoms with van der Waals surface area (Å²) in [6.07, 6.45) is 5.06. The van der Waals surface area contributed by atoms with Gasteiger partial charge in [0.15, 0.2) is 0 Å². The quantitative estimate of drug-likeness (QED) is 0.938. The minimum Gasteiger partial charge on any atom is -0.465 e. The highest BCUT2D eigenvalue weighted by Crippen LogP contribution is 2.31. The molecule has 2 heterocycles. The number of hydrogen-bond donors (Lipinski definition) is 1. The number of hydrogen-bond acceptors (Lipinski definition) is 3. The van der Waals surface area contributed by atoms with Crippen LogP contribution in [0.1, 0.15) is 17.2 Å². The fourth-order valence-corrected chi connectivity index (χ4v) is 2.68. The van der Waals surface area contributed by atoms with Gasteiger partial charge in [0.25, 0.3) is 0 Å². The van der Waals surface area contributed by atoms with E-state index >= 15 is 0 Å². The second-order valence-electron chi connectivity index (χ2n) is 5.09. The Kier molecular flexibility index (Phi) is 3.62. The largest absolute Gasteiger partial charge is 0.465 e. The highest BCUT2D eigenvalue weighted by molar-refractivity contribution is 5.64. The van der Waals surface area contributed by atoms with Crippen LogP contribution < -0.4 is 0 Å². The fraction of sp³-hybridized carbons (Fsp3) is 0.333. The lowest BCUT2D eigenvalue weighted by atomic mass is 9.95. The van der Waals surface area contributed by atoms with E-state index in [-0.39, 0.29) is 6.10 Å². The van der Waals surface area contributed by atoms with E-state index in [1.165, 1.54) is 10.5 Å². The van der Waals surface area contributed by atoms with E-state index in [2.05, 4.69) is 4.98 Å². The summed E-state index contributed by atoms with van der Waals surface area (Å²) in [6.45, 7) is 0.923. The van der Waals surface area contributed by atoms with E-state index in [4.69, 9.17) is 9.84 Å². The van der Waals surface area contributed by atoms with E-state index in [0.717, 1.165) is 17.7 Å². The first-order chi connectivity index (χ1) is 10.2. The first-order valence-electron chi connectivity index (χ1n) is 6.82. The number of fused-ring (bicyclic) bond motifs is 1. The average Bonchev–Trinajstić information content (AvgIpc) is 3.01. The Labute approximate surface area is 122 Å². The SMILES string of the molecule is CN(CC1OCCc2c1cccc2-n1ccnc1)C(=O)O. The Balaban J connectivity index is 1.95. The van der Waals surface area contributed by atoms with Crippen molar-refractivity contribution in [3.8, 4) is 5.69 Å². The summed E-state index contributed by atoms with van der Waals surface area (Å²) in [5.41, 5.74) is 3.34. The molecular formula is C15H17N3O3. The third-order valence-corrected chi connectivity index (χ3v) is 3.75. The lowest BCUT2D eigenvalue weighted by molar-refractivity contribution is 0.0224. The number of ether oxygens (including phenoxy) is 1. The van der Waals surface area contributed by atoms with Crippen LogP contribution in [-0.2, 0) is 11.2 Å². The van der Waals surface area contributed by atoms with Gasteiger partial charge in [-0.3, -0.25) is 0 Å². The molecule has 1 aromatic heterocycles. The first kappa shape index (κ1) is 13.6. The lowest BCUT2D eigenvalue weighted by Gasteiger charge is -2.30. The number of likely N-dealkylation sites (N-methyl/N-ethyl adjacent to an activating group) is 1. The molecule has 1 amide bonds. The number of carboxylic acid groups (broad SMARTS) is 1. The number of rotatable bonds is 3. The van der Waals surface area contributed by atoms with Crippen molar-refractivity contribution in [1.82, 2.24) is 14.5 Å². The van der Waals surface area contributed by atoms with Crippen LogP contribution in [0.4, 0.5) is 4.79 Å². The molecule has 6 nitrogen and oxygen atoms in total. The molecule has 1 unspecified atom stereocenters.